The molecule has 0 amide bonds. The van der Waals surface area contributed by atoms with Gasteiger partial charge in [-0.1, -0.05) is 37.6 Å². The van der Waals surface area contributed by atoms with Crippen molar-refractivity contribution in [1.29, 1.82) is 0 Å². The average Bonchev–Trinajstić information content (AvgIpc) is 3.13. The molecule has 2 atom stereocenters. The third-order valence-corrected chi connectivity index (χ3v) is 5.09. The lowest BCUT2D eigenvalue weighted by Gasteiger charge is -2.15. The SMILES string of the molecule is CCCCOc1cc(C2CNC(c3ccc(OC)cc3)C2)ccc1C. The minimum absolute atomic E-state index is 0.404. The van der Waals surface area contributed by atoms with Gasteiger partial charge in [-0.3, -0.25) is 0 Å². The quantitative estimate of drug-likeness (QED) is 0.720. The molecule has 0 bridgehead atoms. The van der Waals surface area contributed by atoms with Gasteiger partial charge < -0.3 is 14.8 Å². The van der Waals surface area contributed by atoms with Gasteiger partial charge in [-0.2, -0.15) is 0 Å². The Labute approximate surface area is 151 Å². The lowest BCUT2D eigenvalue weighted by molar-refractivity contribution is 0.307. The van der Waals surface area contributed by atoms with Crippen molar-refractivity contribution in [3.8, 4) is 11.5 Å². The van der Waals surface area contributed by atoms with Gasteiger partial charge in [0.15, 0.2) is 0 Å². The lowest BCUT2D eigenvalue weighted by atomic mass is 9.93. The van der Waals surface area contributed by atoms with Crippen LogP contribution in [-0.2, 0) is 0 Å². The molecule has 1 heterocycles. The van der Waals surface area contributed by atoms with Crippen LogP contribution >= 0.6 is 0 Å². The van der Waals surface area contributed by atoms with Crippen molar-refractivity contribution in [1.82, 2.24) is 5.32 Å². The average molecular weight is 339 g/mol. The van der Waals surface area contributed by atoms with E-state index >= 15 is 0 Å². The fourth-order valence-corrected chi connectivity index (χ4v) is 3.43. The van der Waals surface area contributed by atoms with E-state index in [-0.39, 0.29) is 0 Å². The first-order valence-corrected chi connectivity index (χ1v) is 9.32. The Bertz CT molecular complexity index is 681. The van der Waals surface area contributed by atoms with Crippen molar-refractivity contribution in [3.63, 3.8) is 0 Å². The molecule has 1 fully saturated rings. The first-order chi connectivity index (χ1) is 12.2. The molecule has 2 aromatic carbocycles. The molecule has 0 saturated carbocycles. The van der Waals surface area contributed by atoms with Crippen LogP contribution in [0.2, 0.25) is 0 Å². The zero-order valence-corrected chi connectivity index (χ0v) is 15.5. The van der Waals surface area contributed by atoms with E-state index in [0.29, 0.717) is 12.0 Å². The standard InChI is InChI=1S/C22H29NO2/c1-4-5-12-25-22-14-18(7-6-16(22)2)19-13-21(23-15-19)17-8-10-20(24-3)11-9-17/h6-11,14,19,21,23H,4-5,12-13,15H2,1-3H3. The molecule has 2 aromatic rings. The summed E-state index contributed by atoms with van der Waals surface area (Å²) in [6.45, 7) is 6.13. The Morgan fingerprint density at radius 1 is 1.08 bits per heavy atom. The summed E-state index contributed by atoms with van der Waals surface area (Å²) in [5.41, 5.74) is 3.92. The Kier molecular flexibility index (Phi) is 5.98. The molecule has 1 aliphatic rings. The lowest BCUT2D eigenvalue weighted by Crippen LogP contribution is -2.13. The van der Waals surface area contributed by atoms with Crippen LogP contribution in [0.3, 0.4) is 0 Å². The Morgan fingerprint density at radius 2 is 1.84 bits per heavy atom. The number of nitrogens with one attached hydrogen (secondary N) is 1. The molecule has 3 nitrogen and oxygen atoms in total. The van der Waals surface area contributed by atoms with Crippen molar-refractivity contribution in [3.05, 3.63) is 59.2 Å². The number of hydrogen-bond acceptors (Lipinski definition) is 3. The van der Waals surface area contributed by atoms with Gasteiger partial charge in [-0.05, 0) is 60.6 Å². The van der Waals surface area contributed by atoms with Crippen molar-refractivity contribution >= 4 is 0 Å². The molecule has 1 N–H and O–H groups in total. The minimum Gasteiger partial charge on any atom is -0.497 e. The molecule has 0 aliphatic carbocycles. The van der Waals surface area contributed by atoms with Crippen molar-refractivity contribution in [2.45, 2.75) is 45.1 Å². The van der Waals surface area contributed by atoms with Gasteiger partial charge in [-0.15, -0.1) is 0 Å². The van der Waals surface area contributed by atoms with E-state index in [9.17, 15) is 0 Å². The minimum atomic E-state index is 0.404. The van der Waals surface area contributed by atoms with E-state index in [1.165, 1.54) is 16.7 Å². The van der Waals surface area contributed by atoms with Crippen LogP contribution in [0.25, 0.3) is 0 Å². The summed E-state index contributed by atoms with van der Waals surface area (Å²) < 4.78 is 11.2. The van der Waals surface area contributed by atoms with Crippen LogP contribution in [0.1, 0.15) is 54.8 Å². The maximum atomic E-state index is 5.98. The van der Waals surface area contributed by atoms with Gasteiger partial charge >= 0.3 is 0 Å². The number of methoxy groups -OCH3 is 1. The number of ether oxygens (including phenoxy) is 2. The van der Waals surface area contributed by atoms with E-state index in [1.807, 2.05) is 12.1 Å². The molecule has 0 spiro atoms. The van der Waals surface area contributed by atoms with E-state index < -0.39 is 0 Å². The largest absolute Gasteiger partial charge is 0.497 e. The van der Waals surface area contributed by atoms with Crippen molar-refractivity contribution in [2.75, 3.05) is 20.3 Å². The van der Waals surface area contributed by atoms with Crippen LogP contribution < -0.4 is 14.8 Å². The van der Waals surface area contributed by atoms with Gasteiger partial charge in [0.05, 0.1) is 13.7 Å². The number of rotatable bonds is 7. The summed E-state index contributed by atoms with van der Waals surface area (Å²) in [5, 5.41) is 3.66. The van der Waals surface area contributed by atoms with Crippen molar-refractivity contribution < 1.29 is 9.47 Å². The maximum Gasteiger partial charge on any atom is 0.122 e. The highest BCUT2D eigenvalue weighted by Crippen LogP contribution is 2.36. The maximum absolute atomic E-state index is 5.98. The predicted molar refractivity (Wildman–Crippen MR) is 103 cm³/mol. The first kappa shape index (κ1) is 17.8. The molecule has 1 saturated heterocycles. The highest BCUT2D eigenvalue weighted by atomic mass is 16.5. The van der Waals surface area contributed by atoms with Gasteiger partial charge in [0, 0.05) is 12.6 Å². The zero-order valence-electron chi connectivity index (χ0n) is 15.5. The van der Waals surface area contributed by atoms with Gasteiger partial charge in [0.2, 0.25) is 0 Å². The third-order valence-electron chi connectivity index (χ3n) is 5.09. The fraction of sp³-hybridized carbons (Fsp3) is 0.455. The molecular formula is C22H29NO2. The Balaban J connectivity index is 1.67. The van der Waals surface area contributed by atoms with Gasteiger partial charge in [-0.25, -0.2) is 0 Å². The number of hydrogen-bond donors (Lipinski definition) is 1. The summed E-state index contributed by atoms with van der Waals surface area (Å²) >= 11 is 0. The van der Waals surface area contributed by atoms with E-state index in [1.54, 1.807) is 7.11 Å². The molecule has 0 radical (unpaired) electrons. The summed E-state index contributed by atoms with van der Waals surface area (Å²) in [4.78, 5) is 0. The predicted octanol–water partition coefficient (Wildman–Crippen LogP) is 5.00. The second kappa shape index (κ2) is 8.39. The third kappa shape index (κ3) is 4.35. The molecule has 3 heteroatoms. The second-order valence-corrected chi connectivity index (χ2v) is 6.89. The Hall–Kier alpha value is -2.00. The van der Waals surface area contributed by atoms with Crippen molar-refractivity contribution in [2.24, 2.45) is 0 Å². The molecule has 134 valence electrons. The van der Waals surface area contributed by atoms with Crippen LogP contribution in [-0.4, -0.2) is 20.3 Å². The fourth-order valence-electron chi connectivity index (χ4n) is 3.43. The Morgan fingerprint density at radius 3 is 2.56 bits per heavy atom. The van der Waals surface area contributed by atoms with E-state index in [0.717, 1.165) is 43.9 Å². The van der Waals surface area contributed by atoms with E-state index in [4.69, 9.17) is 9.47 Å². The monoisotopic (exact) mass is 339 g/mol. The highest BCUT2D eigenvalue weighted by Gasteiger charge is 2.26. The smallest absolute Gasteiger partial charge is 0.122 e. The van der Waals surface area contributed by atoms with E-state index in [2.05, 4.69) is 49.5 Å². The normalized spacial score (nSPS) is 19.8. The van der Waals surface area contributed by atoms with Crippen LogP contribution in [0.5, 0.6) is 11.5 Å². The summed E-state index contributed by atoms with van der Waals surface area (Å²) in [7, 11) is 1.70. The summed E-state index contributed by atoms with van der Waals surface area (Å²) in [5.74, 6) is 2.48. The van der Waals surface area contributed by atoms with Crippen LogP contribution in [0, 0.1) is 6.92 Å². The number of unbranched alkanes of at least 4 members (excludes halogenated alkanes) is 1. The van der Waals surface area contributed by atoms with Gasteiger partial charge in [0.1, 0.15) is 11.5 Å². The molecule has 1 aliphatic heterocycles. The molecule has 25 heavy (non-hydrogen) atoms. The topological polar surface area (TPSA) is 30.5 Å². The summed E-state index contributed by atoms with van der Waals surface area (Å²) in [6.07, 6.45) is 3.38. The molecule has 3 rings (SSSR count). The zero-order chi connectivity index (χ0) is 17.6. The van der Waals surface area contributed by atoms with Gasteiger partial charge in [0.25, 0.3) is 0 Å². The molecule has 0 aromatic heterocycles. The molecular weight excluding hydrogens is 310 g/mol. The van der Waals surface area contributed by atoms with Crippen LogP contribution in [0.15, 0.2) is 42.5 Å². The number of benzene rings is 2. The molecule has 2 unspecified atom stereocenters. The number of aryl methyl sites for hydroxylation is 1. The van der Waals surface area contributed by atoms with Crippen LogP contribution in [0.4, 0.5) is 0 Å². The second-order valence-electron chi connectivity index (χ2n) is 6.89. The highest BCUT2D eigenvalue weighted by molar-refractivity contribution is 5.39. The summed E-state index contributed by atoms with van der Waals surface area (Å²) in [6, 6.07) is 15.5. The first-order valence-electron chi connectivity index (χ1n) is 9.32.